The SMILES string of the molecule is [C-]#[N+]C[C@H]1CN(c2nc(OC[C@@]34CCCN3C[C@H](C)C4)nc3c(F)c(-c4cccc5ccc(F)c(Cl)c45)ncc23)CCN1C(=O)C(=C)F. The highest BCUT2D eigenvalue weighted by molar-refractivity contribution is 6.36. The van der Waals surface area contributed by atoms with E-state index in [4.69, 9.17) is 27.9 Å². The zero-order valence-electron chi connectivity index (χ0n) is 26.4. The first-order chi connectivity index (χ1) is 23.1. The Morgan fingerprint density at radius 1 is 1.19 bits per heavy atom. The topological polar surface area (TPSA) is 79.1 Å². The van der Waals surface area contributed by atoms with Crippen molar-refractivity contribution in [2.75, 3.05) is 50.8 Å². The van der Waals surface area contributed by atoms with Crippen LogP contribution < -0.4 is 9.64 Å². The Kier molecular flexibility index (Phi) is 8.37. The molecule has 48 heavy (non-hydrogen) atoms. The van der Waals surface area contributed by atoms with Crippen molar-refractivity contribution in [3.63, 3.8) is 0 Å². The Bertz CT molecular complexity index is 2010. The third-order valence-electron chi connectivity index (χ3n) is 9.88. The van der Waals surface area contributed by atoms with Crippen molar-refractivity contribution in [1.82, 2.24) is 24.8 Å². The van der Waals surface area contributed by atoms with Crippen LogP contribution in [0.1, 0.15) is 26.2 Å². The third-order valence-corrected chi connectivity index (χ3v) is 10.3. The number of anilines is 1. The highest BCUT2D eigenvalue weighted by Gasteiger charge is 2.48. The van der Waals surface area contributed by atoms with Crippen LogP contribution in [0, 0.1) is 24.1 Å². The van der Waals surface area contributed by atoms with Gasteiger partial charge in [-0.05, 0) is 43.2 Å². The zero-order chi connectivity index (χ0) is 33.7. The molecule has 3 atom stereocenters. The fourth-order valence-electron chi connectivity index (χ4n) is 7.78. The summed E-state index contributed by atoms with van der Waals surface area (Å²) in [5.74, 6) is -2.53. The van der Waals surface area contributed by atoms with Crippen LogP contribution in [0.25, 0.3) is 37.8 Å². The van der Waals surface area contributed by atoms with E-state index in [-0.39, 0.29) is 59.3 Å². The molecule has 0 aliphatic carbocycles. The van der Waals surface area contributed by atoms with E-state index in [1.165, 1.54) is 17.2 Å². The molecule has 7 rings (SSSR count). The van der Waals surface area contributed by atoms with Gasteiger partial charge in [0.1, 0.15) is 35.5 Å². The van der Waals surface area contributed by atoms with Gasteiger partial charge >= 0.3 is 6.01 Å². The van der Waals surface area contributed by atoms with Gasteiger partial charge in [-0.2, -0.15) is 9.97 Å². The number of nitrogens with zero attached hydrogens (tertiary/aromatic N) is 7. The maximum Gasteiger partial charge on any atom is 0.319 e. The molecule has 5 heterocycles. The molecule has 3 saturated heterocycles. The Hall–Kier alpha value is -4.47. The number of hydrogen-bond donors (Lipinski definition) is 0. The van der Waals surface area contributed by atoms with E-state index in [1.807, 2.05) is 4.90 Å². The summed E-state index contributed by atoms with van der Waals surface area (Å²) in [7, 11) is 0. The van der Waals surface area contributed by atoms with Gasteiger partial charge in [0.2, 0.25) is 6.54 Å². The van der Waals surface area contributed by atoms with Crippen molar-refractivity contribution >= 4 is 45.0 Å². The van der Waals surface area contributed by atoms with Crippen LogP contribution >= 0.6 is 11.6 Å². The van der Waals surface area contributed by atoms with Gasteiger partial charge in [-0.25, -0.2) is 19.7 Å². The van der Waals surface area contributed by atoms with Crippen LogP contribution in [0.15, 0.2) is 48.9 Å². The lowest BCUT2D eigenvalue weighted by molar-refractivity contribution is -0.131. The summed E-state index contributed by atoms with van der Waals surface area (Å²) < 4.78 is 51.6. The first-order valence-corrected chi connectivity index (χ1v) is 16.3. The third kappa shape index (κ3) is 5.48. The molecule has 1 amide bonds. The number of amides is 1. The summed E-state index contributed by atoms with van der Waals surface area (Å²) in [4.78, 5) is 35.4. The van der Waals surface area contributed by atoms with Crippen molar-refractivity contribution in [3.05, 3.63) is 77.0 Å². The van der Waals surface area contributed by atoms with Crippen molar-refractivity contribution in [3.8, 4) is 17.3 Å². The Morgan fingerprint density at radius 2 is 2.02 bits per heavy atom. The van der Waals surface area contributed by atoms with Gasteiger partial charge in [-0.1, -0.05) is 49.4 Å². The standard InChI is InChI=1S/C35H33ClF3N7O2/c1-20-14-35(10-5-11-45(35)17-20)19-48-34-42-31-25(32(43-34)44-12-13-46(33(47)21(2)37)23(18-44)15-40-3)16-41-30(29(31)39)24-7-4-6-22-8-9-26(38)28(36)27(22)24/h4,6-9,16,20,23H,2,5,10-15,17-19H2,1H3/t20-,23+,35+/m1/s1. The number of halogens is 4. The van der Waals surface area contributed by atoms with Gasteiger partial charge in [0.05, 0.1) is 15.9 Å². The maximum atomic E-state index is 16.8. The summed E-state index contributed by atoms with van der Waals surface area (Å²) in [6.45, 7) is 15.5. The minimum absolute atomic E-state index is 0.0197. The second-order valence-electron chi connectivity index (χ2n) is 13.0. The fourth-order valence-corrected chi connectivity index (χ4v) is 8.05. The molecule has 3 aliphatic heterocycles. The first kappa shape index (κ1) is 32.1. The van der Waals surface area contributed by atoms with Crippen molar-refractivity contribution in [2.45, 2.75) is 37.8 Å². The number of fused-ring (bicyclic) bond motifs is 3. The molecule has 4 aromatic rings. The maximum absolute atomic E-state index is 16.8. The minimum Gasteiger partial charge on any atom is -0.461 e. The Balaban J connectivity index is 1.34. The van der Waals surface area contributed by atoms with Crippen LogP contribution in [-0.4, -0.2) is 88.1 Å². The van der Waals surface area contributed by atoms with Crippen LogP contribution in [0.2, 0.25) is 5.02 Å². The molecule has 0 saturated carbocycles. The van der Waals surface area contributed by atoms with Crippen LogP contribution in [-0.2, 0) is 4.79 Å². The molecule has 3 fully saturated rings. The van der Waals surface area contributed by atoms with Crippen LogP contribution in [0.5, 0.6) is 6.01 Å². The second-order valence-corrected chi connectivity index (χ2v) is 13.4. The quantitative estimate of drug-likeness (QED) is 0.165. The average molecular weight is 676 g/mol. The average Bonchev–Trinajstić information content (AvgIpc) is 3.60. The van der Waals surface area contributed by atoms with E-state index in [9.17, 15) is 13.6 Å². The number of benzene rings is 2. The molecule has 2 aromatic heterocycles. The van der Waals surface area contributed by atoms with E-state index in [2.05, 4.69) is 33.2 Å². The number of aromatic nitrogens is 3. The second kappa shape index (κ2) is 12.5. The number of rotatable bonds is 7. The van der Waals surface area contributed by atoms with E-state index in [0.29, 0.717) is 34.7 Å². The highest BCUT2D eigenvalue weighted by atomic mass is 35.5. The molecule has 13 heteroatoms. The van der Waals surface area contributed by atoms with Gasteiger partial charge in [0.25, 0.3) is 5.91 Å². The van der Waals surface area contributed by atoms with Crippen LogP contribution in [0.3, 0.4) is 0 Å². The lowest BCUT2D eigenvalue weighted by Gasteiger charge is -2.39. The Morgan fingerprint density at radius 3 is 2.81 bits per heavy atom. The van der Waals surface area contributed by atoms with E-state index in [0.717, 1.165) is 32.4 Å². The van der Waals surface area contributed by atoms with Crippen molar-refractivity contribution in [2.24, 2.45) is 5.92 Å². The summed E-state index contributed by atoms with van der Waals surface area (Å²) in [6.07, 6.45) is 4.48. The normalized spacial score (nSPS) is 22.7. The summed E-state index contributed by atoms with van der Waals surface area (Å²) in [5.41, 5.74) is 0.0345. The molecule has 0 radical (unpaired) electrons. The Labute approximate surface area is 280 Å². The molecule has 0 bridgehead atoms. The number of pyridine rings is 1. The van der Waals surface area contributed by atoms with Gasteiger partial charge in [0, 0.05) is 43.3 Å². The highest BCUT2D eigenvalue weighted by Crippen LogP contribution is 2.42. The number of carbonyl (C=O) groups is 1. The van der Waals surface area contributed by atoms with E-state index in [1.54, 1.807) is 24.3 Å². The molecular weight excluding hydrogens is 643 g/mol. The first-order valence-electron chi connectivity index (χ1n) is 15.9. The minimum atomic E-state index is -1.10. The molecule has 0 spiro atoms. The molecular formula is C35H33ClF3N7O2. The van der Waals surface area contributed by atoms with E-state index < -0.39 is 29.4 Å². The van der Waals surface area contributed by atoms with Crippen molar-refractivity contribution in [1.29, 1.82) is 0 Å². The van der Waals surface area contributed by atoms with Gasteiger partial charge in [-0.15, -0.1) is 0 Å². The molecule has 2 aromatic carbocycles. The predicted octanol–water partition coefficient (Wildman–Crippen LogP) is 6.45. The van der Waals surface area contributed by atoms with Gasteiger partial charge in [-0.3, -0.25) is 14.7 Å². The van der Waals surface area contributed by atoms with Gasteiger partial charge < -0.3 is 19.4 Å². The summed E-state index contributed by atoms with van der Waals surface area (Å²) >= 11 is 6.39. The summed E-state index contributed by atoms with van der Waals surface area (Å²) in [5, 5.41) is 1.08. The van der Waals surface area contributed by atoms with Gasteiger partial charge in [0.15, 0.2) is 11.6 Å². The van der Waals surface area contributed by atoms with E-state index >= 15 is 4.39 Å². The lowest BCUT2D eigenvalue weighted by Crippen LogP contribution is -2.56. The number of carbonyl (C=O) groups excluding carboxylic acids is 1. The smallest absolute Gasteiger partial charge is 0.319 e. The molecule has 0 N–H and O–H groups in total. The molecule has 248 valence electrons. The summed E-state index contributed by atoms with van der Waals surface area (Å²) in [6, 6.07) is 7.25. The molecule has 3 aliphatic rings. The number of piperazine rings is 1. The molecule has 9 nitrogen and oxygen atoms in total. The number of hydrogen-bond acceptors (Lipinski definition) is 7. The lowest BCUT2D eigenvalue weighted by atomic mass is 9.92. The largest absolute Gasteiger partial charge is 0.461 e. The van der Waals surface area contributed by atoms with Crippen molar-refractivity contribution < 1.29 is 22.7 Å². The number of ether oxygens (including phenoxy) is 1. The van der Waals surface area contributed by atoms with Crippen LogP contribution in [0.4, 0.5) is 19.0 Å². The fraction of sp³-hybridized carbons (Fsp3) is 0.400. The monoisotopic (exact) mass is 675 g/mol. The predicted molar refractivity (Wildman–Crippen MR) is 177 cm³/mol. The molecule has 0 unspecified atom stereocenters. The zero-order valence-corrected chi connectivity index (χ0v) is 27.1.